The van der Waals surface area contributed by atoms with Crippen molar-refractivity contribution in [3.63, 3.8) is 0 Å². The summed E-state index contributed by atoms with van der Waals surface area (Å²) >= 11 is 11.9. The van der Waals surface area contributed by atoms with Gasteiger partial charge < -0.3 is 5.73 Å². The van der Waals surface area contributed by atoms with Crippen molar-refractivity contribution < 1.29 is 13.2 Å². The van der Waals surface area contributed by atoms with E-state index in [1.165, 1.54) is 6.08 Å². The van der Waals surface area contributed by atoms with Gasteiger partial charge in [0.1, 0.15) is 0 Å². The second kappa shape index (κ2) is 5.84. The Morgan fingerprint density at radius 2 is 1.80 bits per heavy atom. The van der Waals surface area contributed by atoms with E-state index in [4.69, 9.17) is 28.9 Å². The molecule has 1 aromatic rings. The Morgan fingerprint density at radius 3 is 2.25 bits per heavy atom. The van der Waals surface area contributed by atoms with Gasteiger partial charge in [0.2, 0.25) is 0 Å². The molecule has 0 fully saturated rings. The maximum Gasteiger partial charge on any atom is 0.412 e. The van der Waals surface area contributed by atoms with Gasteiger partial charge >= 0.3 is 6.18 Å². The molecular weight excluding hydrogens is 312 g/mol. The lowest BCUT2D eigenvalue weighted by molar-refractivity contribution is -0.0960. The van der Waals surface area contributed by atoms with Gasteiger partial charge in [0.15, 0.2) is 0 Å². The molecule has 2 N–H and O–H groups in total. The minimum absolute atomic E-state index is 0.0000628. The van der Waals surface area contributed by atoms with E-state index >= 15 is 0 Å². The van der Waals surface area contributed by atoms with Crippen molar-refractivity contribution in [3.05, 3.63) is 39.4 Å². The molecule has 1 heterocycles. The summed E-state index contributed by atoms with van der Waals surface area (Å²) in [5.41, 5.74) is 6.33. The molecule has 0 aliphatic carbocycles. The molecule has 1 aromatic carbocycles. The van der Waals surface area contributed by atoms with Gasteiger partial charge in [0.05, 0.1) is 15.7 Å². The standard InChI is InChI=1S/C13H13Cl2F3N2/c14-10-5-8(6-11(15)12(10)19)7-20-3-1-9(2-4-20)13(16,17)18/h1,5-6H,2-4,7,19H2. The molecule has 1 aliphatic rings. The summed E-state index contributed by atoms with van der Waals surface area (Å²) in [6.45, 7) is 1.10. The number of alkyl halides is 3. The molecule has 0 bridgehead atoms. The largest absolute Gasteiger partial charge is 0.412 e. The molecule has 2 rings (SSSR count). The number of hydrogen-bond donors (Lipinski definition) is 1. The summed E-state index contributed by atoms with van der Waals surface area (Å²) in [6.07, 6.45) is -3.00. The lowest BCUT2D eigenvalue weighted by Crippen LogP contribution is -2.31. The third-order valence-corrected chi connectivity index (χ3v) is 3.83. The monoisotopic (exact) mass is 324 g/mol. The number of nitrogens with zero attached hydrogens (tertiary/aromatic N) is 1. The first kappa shape index (κ1) is 15.5. The smallest absolute Gasteiger partial charge is 0.396 e. The summed E-state index contributed by atoms with van der Waals surface area (Å²) < 4.78 is 37.5. The predicted octanol–water partition coefficient (Wildman–Crippen LogP) is 4.27. The second-order valence-corrected chi connectivity index (χ2v) is 5.50. The number of nitrogens with two attached hydrogens (primary N) is 1. The molecule has 0 radical (unpaired) electrons. The number of anilines is 1. The van der Waals surface area contributed by atoms with Gasteiger partial charge in [-0.15, -0.1) is 0 Å². The number of rotatable bonds is 2. The maximum absolute atomic E-state index is 12.5. The molecule has 0 aromatic heterocycles. The summed E-state index contributed by atoms with van der Waals surface area (Å²) in [7, 11) is 0. The zero-order chi connectivity index (χ0) is 14.9. The van der Waals surface area contributed by atoms with E-state index in [-0.39, 0.29) is 13.0 Å². The van der Waals surface area contributed by atoms with Crippen LogP contribution in [0.4, 0.5) is 18.9 Å². The molecule has 0 unspecified atom stereocenters. The summed E-state index contributed by atoms with van der Waals surface area (Å²) in [4.78, 5) is 1.90. The minimum atomic E-state index is -4.22. The van der Waals surface area contributed by atoms with E-state index in [0.717, 1.165) is 5.56 Å². The normalized spacial score (nSPS) is 17.1. The van der Waals surface area contributed by atoms with Crippen molar-refractivity contribution in [1.29, 1.82) is 0 Å². The van der Waals surface area contributed by atoms with Crippen molar-refractivity contribution in [1.82, 2.24) is 4.90 Å². The zero-order valence-corrected chi connectivity index (χ0v) is 12.0. The highest BCUT2D eigenvalue weighted by atomic mass is 35.5. The van der Waals surface area contributed by atoms with Crippen molar-refractivity contribution in [2.24, 2.45) is 0 Å². The van der Waals surface area contributed by atoms with Gasteiger partial charge in [-0.1, -0.05) is 29.3 Å². The van der Waals surface area contributed by atoms with E-state index in [1.54, 1.807) is 12.1 Å². The fourth-order valence-electron chi connectivity index (χ4n) is 2.10. The zero-order valence-electron chi connectivity index (χ0n) is 10.5. The molecule has 110 valence electrons. The Labute approximate surface area is 124 Å². The van der Waals surface area contributed by atoms with Crippen LogP contribution >= 0.6 is 23.2 Å². The fraction of sp³-hybridized carbons (Fsp3) is 0.385. The summed E-state index contributed by atoms with van der Waals surface area (Å²) in [5, 5.41) is 0.715. The van der Waals surface area contributed by atoms with Crippen LogP contribution in [0.5, 0.6) is 0 Å². The van der Waals surface area contributed by atoms with Crippen molar-refractivity contribution >= 4 is 28.9 Å². The Morgan fingerprint density at radius 1 is 1.20 bits per heavy atom. The highest BCUT2D eigenvalue weighted by molar-refractivity contribution is 6.38. The third-order valence-electron chi connectivity index (χ3n) is 3.20. The van der Waals surface area contributed by atoms with E-state index in [0.29, 0.717) is 28.8 Å². The first-order chi connectivity index (χ1) is 9.27. The molecule has 0 atom stereocenters. The molecule has 2 nitrogen and oxygen atoms in total. The summed E-state index contributed by atoms with van der Waals surface area (Å²) in [5.74, 6) is 0. The molecule has 0 saturated carbocycles. The van der Waals surface area contributed by atoms with Crippen molar-refractivity contribution in [3.8, 4) is 0 Å². The molecule has 0 spiro atoms. The van der Waals surface area contributed by atoms with Crippen LogP contribution in [-0.2, 0) is 6.54 Å². The number of nitrogen functional groups attached to an aromatic ring is 1. The van der Waals surface area contributed by atoms with Crippen LogP contribution in [0, 0.1) is 0 Å². The van der Waals surface area contributed by atoms with Crippen LogP contribution in [0.2, 0.25) is 10.0 Å². The van der Waals surface area contributed by atoms with Gasteiger partial charge in [0, 0.05) is 25.2 Å². The highest BCUT2D eigenvalue weighted by Crippen LogP contribution is 2.32. The first-order valence-electron chi connectivity index (χ1n) is 5.99. The predicted molar refractivity (Wildman–Crippen MR) is 74.9 cm³/mol. The van der Waals surface area contributed by atoms with Crippen molar-refractivity contribution in [2.45, 2.75) is 19.1 Å². The van der Waals surface area contributed by atoms with Gasteiger partial charge in [-0.05, 0) is 24.1 Å². The number of benzene rings is 1. The van der Waals surface area contributed by atoms with Crippen LogP contribution in [0.3, 0.4) is 0 Å². The van der Waals surface area contributed by atoms with Gasteiger partial charge in [-0.2, -0.15) is 13.2 Å². The molecule has 20 heavy (non-hydrogen) atoms. The quantitative estimate of drug-likeness (QED) is 0.650. The van der Waals surface area contributed by atoms with Crippen LogP contribution in [0.25, 0.3) is 0 Å². The van der Waals surface area contributed by atoms with E-state index in [9.17, 15) is 13.2 Å². The Bertz CT molecular complexity index is 518. The van der Waals surface area contributed by atoms with Gasteiger partial charge in [-0.25, -0.2) is 0 Å². The Kier molecular flexibility index (Phi) is 4.52. The molecule has 1 aliphatic heterocycles. The van der Waals surface area contributed by atoms with Crippen LogP contribution < -0.4 is 5.73 Å². The second-order valence-electron chi connectivity index (χ2n) is 4.69. The molecule has 0 saturated heterocycles. The van der Waals surface area contributed by atoms with E-state index in [1.807, 2.05) is 4.90 Å². The average Bonchev–Trinajstić information content (AvgIpc) is 2.35. The lowest BCUT2D eigenvalue weighted by Gasteiger charge is -2.27. The number of halogens is 5. The highest BCUT2D eigenvalue weighted by Gasteiger charge is 2.34. The third kappa shape index (κ3) is 3.59. The van der Waals surface area contributed by atoms with Crippen molar-refractivity contribution in [2.75, 3.05) is 18.8 Å². The molecule has 0 amide bonds. The van der Waals surface area contributed by atoms with Gasteiger partial charge in [0.25, 0.3) is 0 Å². The molecular formula is C13H13Cl2F3N2. The van der Waals surface area contributed by atoms with Gasteiger partial charge in [-0.3, -0.25) is 4.90 Å². The Hall–Kier alpha value is -0.910. The van der Waals surface area contributed by atoms with E-state index in [2.05, 4.69) is 0 Å². The lowest BCUT2D eigenvalue weighted by atomic mass is 10.1. The van der Waals surface area contributed by atoms with Crippen LogP contribution in [-0.4, -0.2) is 24.2 Å². The van der Waals surface area contributed by atoms with Crippen LogP contribution in [0.1, 0.15) is 12.0 Å². The molecule has 7 heteroatoms. The minimum Gasteiger partial charge on any atom is -0.396 e. The first-order valence-corrected chi connectivity index (χ1v) is 6.75. The number of hydrogen-bond acceptors (Lipinski definition) is 2. The Balaban J connectivity index is 2.05. The van der Waals surface area contributed by atoms with Crippen LogP contribution in [0.15, 0.2) is 23.8 Å². The topological polar surface area (TPSA) is 29.3 Å². The maximum atomic E-state index is 12.5. The average molecular weight is 325 g/mol. The fourth-order valence-corrected chi connectivity index (χ4v) is 2.63. The van der Waals surface area contributed by atoms with E-state index < -0.39 is 11.7 Å². The summed E-state index contributed by atoms with van der Waals surface area (Å²) in [6, 6.07) is 3.37. The SMILES string of the molecule is Nc1c(Cl)cc(CN2CC=C(C(F)(F)F)CC2)cc1Cl.